The Kier molecular flexibility index (Phi) is 5.36. The van der Waals surface area contributed by atoms with Gasteiger partial charge in [-0.05, 0) is 30.0 Å². The number of carbonyl (C=O) groups excluding carboxylic acids is 1. The number of hydrogen-bond acceptors (Lipinski definition) is 4. The summed E-state index contributed by atoms with van der Waals surface area (Å²) in [6.45, 7) is 2.37. The molecule has 0 aliphatic rings. The van der Waals surface area contributed by atoms with Crippen LogP contribution in [-0.4, -0.2) is 26.7 Å². The van der Waals surface area contributed by atoms with Crippen molar-refractivity contribution in [2.75, 3.05) is 20.8 Å². The molecule has 0 aliphatic carbocycles. The minimum Gasteiger partial charge on any atom is -0.496 e. The SMILES string of the molecule is COc1ccccc1C(CNC(=O)c1cc(C)cs1)OC. The third kappa shape index (κ3) is 3.83. The zero-order chi connectivity index (χ0) is 15.2. The van der Waals surface area contributed by atoms with Gasteiger partial charge in [-0.1, -0.05) is 18.2 Å². The average molecular weight is 305 g/mol. The fraction of sp³-hybridized carbons (Fsp3) is 0.312. The van der Waals surface area contributed by atoms with Crippen molar-refractivity contribution < 1.29 is 14.3 Å². The van der Waals surface area contributed by atoms with Crippen molar-refractivity contribution in [3.63, 3.8) is 0 Å². The van der Waals surface area contributed by atoms with Crippen molar-refractivity contribution in [3.8, 4) is 5.75 Å². The van der Waals surface area contributed by atoms with E-state index < -0.39 is 0 Å². The van der Waals surface area contributed by atoms with Gasteiger partial charge in [0.15, 0.2) is 0 Å². The van der Waals surface area contributed by atoms with Gasteiger partial charge < -0.3 is 14.8 Å². The van der Waals surface area contributed by atoms with Crippen molar-refractivity contribution >= 4 is 17.2 Å². The van der Waals surface area contributed by atoms with Gasteiger partial charge >= 0.3 is 0 Å². The summed E-state index contributed by atoms with van der Waals surface area (Å²) in [5, 5.41) is 4.87. The Labute approximate surface area is 128 Å². The van der Waals surface area contributed by atoms with Crippen molar-refractivity contribution in [3.05, 3.63) is 51.7 Å². The van der Waals surface area contributed by atoms with Gasteiger partial charge in [0.05, 0.1) is 12.0 Å². The van der Waals surface area contributed by atoms with E-state index in [4.69, 9.17) is 9.47 Å². The maximum atomic E-state index is 12.1. The molecule has 2 rings (SSSR count). The fourth-order valence-corrected chi connectivity index (χ4v) is 2.89. The zero-order valence-electron chi connectivity index (χ0n) is 12.4. The lowest BCUT2D eigenvalue weighted by Crippen LogP contribution is -2.28. The summed E-state index contributed by atoms with van der Waals surface area (Å²) in [6.07, 6.45) is -0.244. The van der Waals surface area contributed by atoms with Crippen LogP contribution in [0.5, 0.6) is 5.75 Å². The van der Waals surface area contributed by atoms with Crippen molar-refractivity contribution in [1.29, 1.82) is 0 Å². The molecule has 112 valence electrons. The van der Waals surface area contributed by atoms with E-state index in [1.165, 1.54) is 11.3 Å². The molecule has 1 aromatic carbocycles. The first-order valence-corrected chi connectivity index (χ1v) is 7.52. The summed E-state index contributed by atoms with van der Waals surface area (Å²) < 4.78 is 10.8. The van der Waals surface area contributed by atoms with E-state index in [2.05, 4.69) is 5.32 Å². The summed E-state index contributed by atoms with van der Waals surface area (Å²) in [4.78, 5) is 12.8. The summed E-state index contributed by atoms with van der Waals surface area (Å²) >= 11 is 1.44. The lowest BCUT2D eigenvalue weighted by atomic mass is 10.1. The smallest absolute Gasteiger partial charge is 0.261 e. The molecule has 1 atom stereocenters. The normalized spacial score (nSPS) is 12.0. The number of aryl methyl sites for hydroxylation is 1. The molecule has 21 heavy (non-hydrogen) atoms. The van der Waals surface area contributed by atoms with Crippen LogP contribution in [0.3, 0.4) is 0 Å². The van der Waals surface area contributed by atoms with Crippen LogP contribution in [0.25, 0.3) is 0 Å². The van der Waals surface area contributed by atoms with Gasteiger partial charge in [-0.2, -0.15) is 0 Å². The summed E-state index contributed by atoms with van der Waals surface area (Å²) in [5.41, 5.74) is 2.02. The number of benzene rings is 1. The van der Waals surface area contributed by atoms with E-state index in [0.29, 0.717) is 11.4 Å². The Morgan fingerprint density at radius 1 is 1.33 bits per heavy atom. The molecule has 0 aliphatic heterocycles. The molecule has 1 N–H and O–H groups in total. The molecule has 0 spiro atoms. The standard InChI is InChI=1S/C16H19NO3S/c1-11-8-15(21-10-11)16(18)17-9-14(20-3)12-6-4-5-7-13(12)19-2/h4-8,10,14H,9H2,1-3H3,(H,17,18). The van der Waals surface area contributed by atoms with Crippen LogP contribution in [0.15, 0.2) is 35.7 Å². The van der Waals surface area contributed by atoms with Crippen LogP contribution in [-0.2, 0) is 4.74 Å². The molecule has 0 saturated carbocycles. The summed E-state index contributed by atoms with van der Waals surface area (Å²) in [7, 11) is 3.25. The highest BCUT2D eigenvalue weighted by Gasteiger charge is 2.17. The average Bonchev–Trinajstić information content (AvgIpc) is 2.94. The third-order valence-corrected chi connectivity index (χ3v) is 4.22. The van der Waals surface area contributed by atoms with Gasteiger partial charge in [-0.15, -0.1) is 11.3 Å². The molecule has 0 saturated heterocycles. The largest absolute Gasteiger partial charge is 0.496 e. The zero-order valence-corrected chi connectivity index (χ0v) is 13.2. The van der Waals surface area contributed by atoms with E-state index in [1.54, 1.807) is 14.2 Å². The lowest BCUT2D eigenvalue weighted by Gasteiger charge is -2.18. The minimum atomic E-state index is -0.244. The van der Waals surface area contributed by atoms with Crippen LogP contribution >= 0.6 is 11.3 Å². The van der Waals surface area contributed by atoms with Crippen molar-refractivity contribution in [2.24, 2.45) is 0 Å². The Morgan fingerprint density at radius 3 is 2.71 bits per heavy atom. The first-order valence-electron chi connectivity index (χ1n) is 6.64. The van der Waals surface area contributed by atoms with E-state index in [9.17, 15) is 4.79 Å². The lowest BCUT2D eigenvalue weighted by molar-refractivity contribution is 0.0822. The quantitative estimate of drug-likeness (QED) is 0.891. The predicted molar refractivity (Wildman–Crippen MR) is 84.1 cm³/mol. The van der Waals surface area contributed by atoms with Crippen LogP contribution in [0.1, 0.15) is 26.9 Å². The van der Waals surface area contributed by atoms with E-state index in [1.807, 2.05) is 42.6 Å². The maximum Gasteiger partial charge on any atom is 0.261 e. The van der Waals surface area contributed by atoms with Crippen molar-refractivity contribution in [2.45, 2.75) is 13.0 Å². The Bertz CT molecular complexity index is 609. The second kappa shape index (κ2) is 7.24. The van der Waals surface area contributed by atoms with Gasteiger partial charge in [0.2, 0.25) is 0 Å². The topological polar surface area (TPSA) is 47.6 Å². The van der Waals surface area contributed by atoms with E-state index in [0.717, 1.165) is 16.9 Å². The number of ether oxygens (including phenoxy) is 2. The number of carbonyl (C=O) groups is 1. The van der Waals surface area contributed by atoms with Gasteiger partial charge in [-0.3, -0.25) is 4.79 Å². The molecule has 2 aromatic rings. The molecule has 0 radical (unpaired) electrons. The van der Waals surface area contributed by atoms with Crippen LogP contribution in [0.2, 0.25) is 0 Å². The van der Waals surface area contributed by atoms with Gasteiger partial charge in [0.1, 0.15) is 11.9 Å². The molecule has 4 nitrogen and oxygen atoms in total. The molecule has 0 bridgehead atoms. The molecular formula is C16H19NO3S. The predicted octanol–water partition coefficient (Wildman–Crippen LogP) is 3.18. The number of methoxy groups -OCH3 is 2. The first-order chi connectivity index (χ1) is 10.2. The molecule has 0 fully saturated rings. The van der Waals surface area contributed by atoms with Gasteiger partial charge in [0.25, 0.3) is 5.91 Å². The minimum absolute atomic E-state index is 0.0787. The number of para-hydroxylation sites is 1. The van der Waals surface area contributed by atoms with E-state index in [-0.39, 0.29) is 12.0 Å². The molecule has 1 amide bonds. The third-order valence-electron chi connectivity index (χ3n) is 3.17. The highest BCUT2D eigenvalue weighted by Crippen LogP contribution is 2.26. The molecule has 1 aromatic heterocycles. The summed E-state index contributed by atoms with van der Waals surface area (Å²) in [6, 6.07) is 9.53. The highest BCUT2D eigenvalue weighted by atomic mass is 32.1. The van der Waals surface area contributed by atoms with E-state index >= 15 is 0 Å². The Hall–Kier alpha value is -1.85. The van der Waals surface area contributed by atoms with Crippen LogP contribution < -0.4 is 10.1 Å². The second-order valence-corrected chi connectivity index (χ2v) is 5.58. The Balaban J connectivity index is 2.04. The monoisotopic (exact) mass is 305 g/mol. The van der Waals surface area contributed by atoms with Crippen LogP contribution in [0.4, 0.5) is 0 Å². The molecular weight excluding hydrogens is 286 g/mol. The van der Waals surface area contributed by atoms with Gasteiger partial charge in [0, 0.05) is 19.2 Å². The number of amides is 1. The van der Waals surface area contributed by atoms with Gasteiger partial charge in [-0.25, -0.2) is 0 Å². The maximum absolute atomic E-state index is 12.1. The number of thiophene rings is 1. The highest BCUT2D eigenvalue weighted by molar-refractivity contribution is 7.12. The second-order valence-electron chi connectivity index (χ2n) is 4.66. The number of rotatable bonds is 6. The van der Waals surface area contributed by atoms with Crippen molar-refractivity contribution in [1.82, 2.24) is 5.32 Å². The summed E-state index contributed by atoms with van der Waals surface area (Å²) in [5.74, 6) is 0.676. The molecule has 5 heteroatoms. The fourth-order valence-electron chi connectivity index (χ4n) is 2.08. The Morgan fingerprint density at radius 2 is 2.10 bits per heavy atom. The van der Waals surface area contributed by atoms with Crippen LogP contribution in [0, 0.1) is 6.92 Å². The molecule has 1 unspecified atom stereocenters. The molecule has 1 heterocycles. The number of nitrogens with one attached hydrogen (secondary N) is 1. The first kappa shape index (κ1) is 15.5. The number of hydrogen-bond donors (Lipinski definition) is 1.